The molecule has 0 atom stereocenters. The lowest BCUT2D eigenvalue weighted by molar-refractivity contribution is 0.100. The van der Waals surface area contributed by atoms with Crippen LogP contribution in [0.5, 0.6) is 0 Å². The van der Waals surface area contributed by atoms with E-state index in [-0.39, 0.29) is 11.4 Å². The van der Waals surface area contributed by atoms with Crippen LogP contribution in [0.2, 0.25) is 0 Å². The van der Waals surface area contributed by atoms with Crippen LogP contribution < -0.4 is 11.5 Å². The van der Waals surface area contributed by atoms with E-state index in [1.165, 1.54) is 0 Å². The normalized spacial score (nSPS) is 9.00. The first-order chi connectivity index (χ1) is 5.16. The van der Waals surface area contributed by atoms with Gasteiger partial charge in [-0.05, 0) is 0 Å². The van der Waals surface area contributed by atoms with Crippen molar-refractivity contribution in [3.63, 3.8) is 0 Å². The SMILES string of the molecule is N#Cn1ncc(C(N)=O)c1N. The van der Waals surface area contributed by atoms with Crippen LogP contribution in [0.4, 0.5) is 5.82 Å². The molecule has 11 heavy (non-hydrogen) atoms. The van der Waals surface area contributed by atoms with Gasteiger partial charge in [0.25, 0.3) is 5.91 Å². The minimum atomic E-state index is -0.691. The second kappa shape index (κ2) is 2.30. The van der Waals surface area contributed by atoms with E-state index < -0.39 is 5.91 Å². The van der Waals surface area contributed by atoms with Crippen molar-refractivity contribution in [2.75, 3.05) is 5.73 Å². The van der Waals surface area contributed by atoms with Crippen molar-refractivity contribution in [2.45, 2.75) is 0 Å². The van der Waals surface area contributed by atoms with Gasteiger partial charge in [0, 0.05) is 0 Å². The highest BCUT2D eigenvalue weighted by Crippen LogP contribution is 2.07. The fourth-order valence-corrected chi connectivity index (χ4v) is 0.627. The number of nitrogen functional groups attached to an aromatic ring is 1. The number of anilines is 1. The molecule has 0 unspecified atom stereocenters. The van der Waals surface area contributed by atoms with E-state index in [4.69, 9.17) is 16.7 Å². The first-order valence-electron chi connectivity index (χ1n) is 2.70. The molecular weight excluding hydrogens is 146 g/mol. The lowest BCUT2D eigenvalue weighted by Gasteiger charge is -1.90. The summed E-state index contributed by atoms with van der Waals surface area (Å²) in [6.07, 6.45) is 2.80. The quantitative estimate of drug-likeness (QED) is 0.530. The van der Waals surface area contributed by atoms with Gasteiger partial charge in [-0.1, -0.05) is 0 Å². The number of carbonyl (C=O) groups is 1. The lowest BCUT2D eigenvalue weighted by Crippen LogP contribution is -2.12. The van der Waals surface area contributed by atoms with Crippen molar-refractivity contribution in [2.24, 2.45) is 5.73 Å². The van der Waals surface area contributed by atoms with Gasteiger partial charge in [0.2, 0.25) is 6.19 Å². The smallest absolute Gasteiger partial charge is 0.254 e. The number of primary amides is 1. The average molecular weight is 151 g/mol. The highest BCUT2D eigenvalue weighted by atomic mass is 16.1. The Morgan fingerprint density at radius 3 is 2.73 bits per heavy atom. The van der Waals surface area contributed by atoms with Crippen molar-refractivity contribution in [3.8, 4) is 6.19 Å². The predicted octanol–water partition coefficient (Wildman–Crippen LogP) is -1.11. The van der Waals surface area contributed by atoms with Crippen LogP contribution in [0.25, 0.3) is 0 Å². The molecule has 6 nitrogen and oxygen atoms in total. The molecule has 0 spiro atoms. The molecule has 1 aromatic rings. The number of amides is 1. The maximum atomic E-state index is 10.5. The predicted molar refractivity (Wildman–Crippen MR) is 36.2 cm³/mol. The second-order valence-electron chi connectivity index (χ2n) is 1.82. The van der Waals surface area contributed by atoms with Gasteiger partial charge in [-0.15, -0.1) is 4.68 Å². The number of hydrogen-bond donors (Lipinski definition) is 2. The Bertz CT molecular complexity index is 333. The molecule has 1 aromatic heterocycles. The Kier molecular flexibility index (Phi) is 1.48. The highest BCUT2D eigenvalue weighted by Gasteiger charge is 2.10. The van der Waals surface area contributed by atoms with Crippen LogP contribution in [0, 0.1) is 11.5 Å². The van der Waals surface area contributed by atoms with Gasteiger partial charge in [-0.25, -0.2) is 0 Å². The van der Waals surface area contributed by atoms with Crippen LogP contribution in [0.1, 0.15) is 10.4 Å². The minimum absolute atomic E-state index is 0.0278. The lowest BCUT2D eigenvalue weighted by atomic mass is 10.3. The number of rotatable bonds is 1. The second-order valence-corrected chi connectivity index (χ2v) is 1.82. The summed E-state index contributed by atoms with van der Waals surface area (Å²) < 4.78 is 0.820. The molecule has 0 saturated heterocycles. The zero-order valence-corrected chi connectivity index (χ0v) is 5.48. The van der Waals surface area contributed by atoms with Crippen molar-refractivity contribution in [1.82, 2.24) is 9.78 Å². The summed E-state index contributed by atoms with van der Waals surface area (Å²) in [4.78, 5) is 10.5. The summed E-state index contributed by atoms with van der Waals surface area (Å²) in [6, 6.07) is 0. The number of hydrogen-bond acceptors (Lipinski definition) is 4. The standard InChI is InChI=1S/C5H5N5O/c6-2-10-4(7)3(1-9-10)5(8)11/h1H,7H2,(H2,8,11). The van der Waals surface area contributed by atoms with Gasteiger partial charge in [-0.3, -0.25) is 4.79 Å². The molecule has 0 aromatic carbocycles. The maximum absolute atomic E-state index is 10.5. The van der Waals surface area contributed by atoms with Crippen LogP contribution in [0.15, 0.2) is 6.20 Å². The molecule has 0 bridgehead atoms. The Balaban J connectivity index is 3.24. The molecule has 56 valence electrons. The Morgan fingerprint density at radius 2 is 2.45 bits per heavy atom. The molecule has 0 aliphatic heterocycles. The van der Waals surface area contributed by atoms with Crippen LogP contribution in [0.3, 0.4) is 0 Å². The molecule has 0 aliphatic rings. The fourth-order valence-electron chi connectivity index (χ4n) is 0.627. The molecule has 0 radical (unpaired) electrons. The number of carbonyl (C=O) groups excluding carboxylic acids is 1. The molecule has 0 aliphatic carbocycles. The van der Waals surface area contributed by atoms with Crippen molar-refractivity contribution < 1.29 is 4.79 Å². The summed E-state index contributed by atoms with van der Waals surface area (Å²) in [6.45, 7) is 0. The van der Waals surface area contributed by atoms with Gasteiger partial charge in [-0.2, -0.15) is 10.4 Å². The summed E-state index contributed by atoms with van der Waals surface area (Å²) in [7, 11) is 0. The van der Waals surface area contributed by atoms with E-state index >= 15 is 0 Å². The van der Waals surface area contributed by atoms with Crippen LogP contribution >= 0.6 is 0 Å². The first-order valence-corrected chi connectivity index (χ1v) is 2.70. The third-order valence-corrected chi connectivity index (χ3v) is 1.17. The van der Waals surface area contributed by atoms with Crippen molar-refractivity contribution in [1.29, 1.82) is 5.26 Å². The van der Waals surface area contributed by atoms with E-state index in [9.17, 15) is 4.79 Å². The largest absolute Gasteiger partial charge is 0.382 e. The van der Waals surface area contributed by atoms with E-state index in [0.29, 0.717) is 0 Å². The van der Waals surface area contributed by atoms with E-state index in [0.717, 1.165) is 10.9 Å². The summed E-state index contributed by atoms with van der Waals surface area (Å²) >= 11 is 0. The zero-order chi connectivity index (χ0) is 8.43. The molecule has 0 fully saturated rings. The Morgan fingerprint density at radius 1 is 1.82 bits per heavy atom. The molecule has 0 saturated carbocycles. The zero-order valence-electron chi connectivity index (χ0n) is 5.48. The molecule has 4 N–H and O–H groups in total. The highest BCUT2D eigenvalue weighted by molar-refractivity contribution is 5.97. The Labute approximate surface area is 62.0 Å². The van der Waals surface area contributed by atoms with E-state index in [1.807, 2.05) is 0 Å². The van der Waals surface area contributed by atoms with Gasteiger partial charge < -0.3 is 11.5 Å². The van der Waals surface area contributed by atoms with Gasteiger partial charge in [0.1, 0.15) is 5.56 Å². The third kappa shape index (κ3) is 0.986. The minimum Gasteiger partial charge on any atom is -0.382 e. The van der Waals surface area contributed by atoms with Gasteiger partial charge in [0.15, 0.2) is 5.82 Å². The number of nitriles is 1. The maximum Gasteiger partial charge on any atom is 0.254 e. The van der Waals surface area contributed by atoms with Crippen LogP contribution in [-0.2, 0) is 0 Å². The molecule has 1 heterocycles. The number of nitrogens with zero attached hydrogens (tertiary/aromatic N) is 3. The summed E-state index contributed by atoms with van der Waals surface area (Å²) in [5.41, 5.74) is 10.3. The van der Waals surface area contributed by atoms with E-state index in [2.05, 4.69) is 5.10 Å². The molecule has 1 amide bonds. The monoisotopic (exact) mass is 151 g/mol. The summed E-state index contributed by atoms with van der Waals surface area (Å²) in [5.74, 6) is -0.719. The molecule has 1 rings (SSSR count). The van der Waals surface area contributed by atoms with Crippen molar-refractivity contribution in [3.05, 3.63) is 11.8 Å². The average Bonchev–Trinajstić information content (AvgIpc) is 2.30. The fraction of sp³-hybridized carbons (Fsp3) is 0. The topological polar surface area (TPSA) is 111 Å². The third-order valence-electron chi connectivity index (χ3n) is 1.17. The Hall–Kier alpha value is -2.03. The van der Waals surface area contributed by atoms with Gasteiger partial charge >= 0.3 is 0 Å². The molecule has 6 heteroatoms. The number of aromatic nitrogens is 2. The van der Waals surface area contributed by atoms with E-state index in [1.54, 1.807) is 6.19 Å². The van der Waals surface area contributed by atoms with Gasteiger partial charge in [0.05, 0.1) is 6.20 Å². The van der Waals surface area contributed by atoms with Crippen LogP contribution in [-0.4, -0.2) is 15.7 Å². The van der Waals surface area contributed by atoms with Crippen molar-refractivity contribution >= 4 is 11.7 Å². The number of nitrogens with two attached hydrogens (primary N) is 2. The molecular formula is C5H5N5O. The summed E-state index contributed by atoms with van der Waals surface area (Å²) in [5, 5.41) is 11.8. The first kappa shape index (κ1) is 7.08.